The van der Waals surface area contributed by atoms with Gasteiger partial charge in [-0.05, 0) is 0 Å². The van der Waals surface area contributed by atoms with Crippen molar-refractivity contribution in [3.05, 3.63) is 71.8 Å². The van der Waals surface area contributed by atoms with Gasteiger partial charge >= 0.3 is 7.60 Å². The second kappa shape index (κ2) is 6.13. The summed E-state index contributed by atoms with van der Waals surface area (Å²) in [5, 5.41) is 1.69. The molecular formula is C14H17NO3P+. The fraction of sp³-hybridized carbons (Fsp3) is 0.143. The van der Waals surface area contributed by atoms with Crippen molar-refractivity contribution in [3.8, 4) is 0 Å². The Morgan fingerprint density at radius 3 is 2.00 bits per heavy atom. The molecule has 0 aromatic heterocycles. The van der Waals surface area contributed by atoms with Gasteiger partial charge in [-0.2, -0.15) is 0 Å². The van der Waals surface area contributed by atoms with E-state index in [0.29, 0.717) is 12.1 Å². The minimum Gasteiger partial charge on any atom is -0.326 e. The molecule has 4 N–H and O–H groups in total. The first-order valence-corrected chi connectivity index (χ1v) is 7.73. The summed E-state index contributed by atoms with van der Waals surface area (Å²) < 4.78 is 11.6. The molecule has 0 heterocycles. The molecule has 0 aliphatic carbocycles. The van der Waals surface area contributed by atoms with Crippen molar-refractivity contribution in [2.24, 2.45) is 0 Å². The van der Waals surface area contributed by atoms with E-state index < -0.39 is 13.4 Å². The molecule has 0 bridgehead atoms. The summed E-state index contributed by atoms with van der Waals surface area (Å²) in [6.07, 6.45) is 0. The Bertz CT molecular complexity index is 553. The summed E-state index contributed by atoms with van der Waals surface area (Å²) in [6, 6.07) is 18.5. The van der Waals surface area contributed by atoms with E-state index in [2.05, 4.69) is 0 Å². The molecule has 100 valence electrons. The van der Waals surface area contributed by atoms with E-state index >= 15 is 0 Å². The number of benzene rings is 2. The quantitative estimate of drug-likeness (QED) is 0.728. The average molecular weight is 278 g/mol. The van der Waals surface area contributed by atoms with Gasteiger partial charge in [0.2, 0.25) is 5.78 Å². The van der Waals surface area contributed by atoms with E-state index in [9.17, 15) is 14.4 Å². The molecule has 0 aliphatic rings. The van der Waals surface area contributed by atoms with Crippen LogP contribution in [0.5, 0.6) is 0 Å². The third-order valence-electron chi connectivity index (χ3n) is 2.92. The lowest BCUT2D eigenvalue weighted by Crippen LogP contribution is -2.83. The molecule has 2 aromatic carbocycles. The van der Waals surface area contributed by atoms with Gasteiger partial charge < -0.3 is 15.1 Å². The minimum absolute atomic E-state index is 0.533. The van der Waals surface area contributed by atoms with E-state index in [4.69, 9.17) is 0 Å². The van der Waals surface area contributed by atoms with Crippen LogP contribution in [0.3, 0.4) is 0 Å². The molecule has 0 saturated carbocycles. The highest BCUT2D eigenvalue weighted by atomic mass is 31.2. The van der Waals surface area contributed by atoms with E-state index in [1.54, 1.807) is 29.6 Å². The van der Waals surface area contributed by atoms with Crippen molar-refractivity contribution in [2.45, 2.75) is 12.3 Å². The van der Waals surface area contributed by atoms with Crippen LogP contribution in [0.15, 0.2) is 60.7 Å². The molecule has 2 aromatic rings. The third kappa shape index (κ3) is 4.01. The zero-order chi connectivity index (χ0) is 13.7. The number of quaternary nitrogens is 1. The van der Waals surface area contributed by atoms with E-state index in [1.807, 2.05) is 36.4 Å². The van der Waals surface area contributed by atoms with Gasteiger partial charge in [0.1, 0.15) is 6.54 Å². The van der Waals surface area contributed by atoms with Gasteiger partial charge in [-0.15, -0.1) is 0 Å². The van der Waals surface area contributed by atoms with Gasteiger partial charge in [-0.25, -0.2) is 0 Å². The van der Waals surface area contributed by atoms with Crippen LogP contribution in [0.4, 0.5) is 0 Å². The van der Waals surface area contributed by atoms with Crippen molar-refractivity contribution in [1.82, 2.24) is 0 Å². The predicted octanol–water partition coefficient (Wildman–Crippen LogP) is 1.63. The molecule has 0 saturated heterocycles. The molecule has 0 fully saturated rings. The van der Waals surface area contributed by atoms with Crippen molar-refractivity contribution >= 4 is 7.60 Å². The van der Waals surface area contributed by atoms with Gasteiger partial charge in [0.15, 0.2) is 0 Å². The Labute approximate surface area is 112 Å². The van der Waals surface area contributed by atoms with Crippen molar-refractivity contribution in [3.63, 3.8) is 0 Å². The Balaban J connectivity index is 2.14. The maximum absolute atomic E-state index is 11.6. The monoisotopic (exact) mass is 278 g/mol. The molecule has 19 heavy (non-hydrogen) atoms. The first kappa shape index (κ1) is 14.0. The summed E-state index contributed by atoms with van der Waals surface area (Å²) in [4.78, 5) is 19.0. The van der Waals surface area contributed by atoms with Crippen LogP contribution in [0, 0.1) is 0 Å². The molecule has 5 heteroatoms. The van der Waals surface area contributed by atoms with Gasteiger partial charge in [0, 0.05) is 11.1 Å². The molecule has 0 unspecified atom stereocenters. The van der Waals surface area contributed by atoms with E-state index in [1.165, 1.54) is 0 Å². The van der Waals surface area contributed by atoms with Crippen molar-refractivity contribution in [1.29, 1.82) is 0 Å². The summed E-state index contributed by atoms with van der Waals surface area (Å²) in [5.41, 5.74) is 1.68. The van der Waals surface area contributed by atoms with E-state index in [-0.39, 0.29) is 0 Å². The number of nitrogens with two attached hydrogens (primary N) is 1. The van der Waals surface area contributed by atoms with Gasteiger partial charge in [-0.1, -0.05) is 60.7 Å². The molecule has 4 nitrogen and oxygen atoms in total. The van der Waals surface area contributed by atoms with Gasteiger partial charge in [-0.3, -0.25) is 4.57 Å². The molecule has 0 radical (unpaired) electrons. The zero-order valence-corrected chi connectivity index (χ0v) is 11.3. The Morgan fingerprint density at radius 1 is 0.947 bits per heavy atom. The summed E-state index contributed by atoms with van der Waals surface area (Å²) in [5.74, 6) is -0.853. The lowest BCUT2D eigenvalue weighted by atomic mass is 10.2. The topological polar surface area (TPSA) is 74.1 Å². The highest BCUT2D eigenvalue weighted by Crippen LogP contribution is 2.47. The summed E-state index contributed by atoms with van der Waals surface area (Å²) in [6.45, 7) is 0.533. The Morgan fingerprint density at radius 2 is 1.47 bits per heavy atom. The highest BCUT2D eigenvalue weighted by Gasteiger charge is 2.33. The van der Waals surface area contributed by atoms with Crippen LogP contribution in [0.25, 0.3) is 0 Å². The maximum atomic E-state index is 11.6. The SMILES string of the molecule is O=P(O)(O)[C@H]([NH2+]Cc1ccccc1)c1ccccc1. The smallest absolute Gasteiger partial charge is 0.326 e. The first-order valence-electron chi connectivity index (χ1n) is 6.05. The first-order chi connectivity index (χ1) is 9.07. The highest BCUT2D eigenvalue weighted by molar-refractivity contribution is 7.51. The van der Waals surface area contributed by atoms with Crippen LogP contribution in [0.1, 0.15) is 16.9 Å². The van der Waals surface area contributed by atoms with Crippen LogP contribution in [0.2, 0.25) is 0 Å². The fourth-order valence-electron chi connectivity index (χ4n) is 1.98. The number of rotatable bonds is 5. The zero-order valence-electron chi connectivity index (χ0n) is 10.4. The summed E-state index contributed by atoms with van der Waals surface area (Å²) in [7, 11) is -4.19. The predicted molar refractivity (Wildman–Crippen MR) is 73.3 cm³/mol. The van der Waals surface area contributed by atoms with Crippen LogP contribution in [-0.4, -0.2) is 9.79 Å². The Hall–Kier alpha value is -1.45. The fourth-order valence-corrected chi connectivity index (χ4v) is 2.92. The lowest BCUT2D eigenvalue weighted by molar-refractivity contribution is -0.693. The second-order valence-corrected chi connectivity index (χ2v) is 6.10. The molecular weight excluding hydrogens is 261 g/mol. The van der Waals surface area contributed by atoms with Crippen LogP contribution in [-0.2, 0) is 11.1 Å². The Kier molecular flexibility index (Phi) is 4.51. The summed E-state index contributed by atoms with van der Waals surface area (Å²) >= 11 is 0. The number of hydrogen-bond acceptors (Lipinski definition) is 1. The molecule has 0 amide bonds. The van der Waals surface area contributed by atoms with E-state index in [0.717, 1.165) is 5.56 Å². The standard InChI is InChI=1S/C14H16NO3P/c16-19(17,18)14(13-9-5-2-6-10-13)15-11-12-7-3-1-4-8-12/h1-10,14-15H,11H2,(H2,16,17,18)/p+1/t14-/m0/s1. The molecule has 1 atom stereocenters. The largest absolute Gasteiger partial charge is 0.387 e. The lowest BCUT2D eigenvalue weighted by Gasteiger charge is -2.17. The third-order valence-corrected chi connectivity index (χ3v) is 4.16. The normalized spacial score (nSPS) is 13.2. The van der Waals surface area contributed by atoms with Gasteiger partial charge in [0.25, 0.3) is 0 Å². The maximum Gasteiger partial charge on any atom is 0.387 e. The molecule has 0 spiro atoms. The molecule has 2 rings (SSSR count). The van der Waals surface area contributed by atoms with Crippen LogP contribution >= 0.6 is 7.60 Å². The van der Waals surface area contributed by atoms with Gasteiger partial charge in [0.05, 0.1) is 0 Å². The minimum atomic E-state index is -4.19. The van der Waals surface area contributed by atoms with Crippen molar-refractivity contribution in [2.75, 3.05) is 0 Å². The van der Waals surface area contributed by atoms with Crippen LogP contribution < -0.4 is 5.32 Å². The molecule has 0 aliphatic heterocycles. The van der Waals surface area contributed by atoms with Crippen molar-refractivity contribution < 1.29 is 19.7 Å². The second-order valence-electron chi connectivity index (χ2n) is 4.37. The number of hydrogen-bond donors (Lipinski definition) is 3. The average Bonchev–Trinajstić information content (AvgIpc) is 2.40.